The van der Waals surface area contributed by atoms with Crippen molar-refractivity contribution < 1.29 is 4.74 Å². The van der Waals surface area contributed by atoms with Crippen LogP contribution in [0.1, 0.15) is 25.8 Å². The lowest BCUT2D eigenvalue weighted by molar-refractivity contribution is 0.308. The van der Waals surface area contributed by atoms with Crippen LogP contribution in [0.3, 0.4) is 0 Å². The number of hydrogen-bond acceptors (Lipinski definition) is 3. The van der Waals surface area contributed by atoms with E-state index in [4.69, 9.17) is 10.5 Å². The molecule has 2 unspecified atom stereocenters. The highest BCUT2D eigenvalue weighted by Crippen LogP contribution is 2.21. The lowest BCUT2D eigenvalue weighted by Crippen LogP contribution is -2.29. The van der Waals surface area contributed by atoms with Crippen LogP contribution in [0, 0.1) is 5.92 Å². The first-order valence-corrected chi connectivity index (χ1v) is 6.88. The molecule has 1 aromatic carbocycles. The first-order valence-electron chi connectivity index (χ1n) is 6.88. The molecule has 3 nitrogen and oxygen atoms in total. The third-order valence-corrected chi connectivity index (χ3v) is 3.69. The van der Waals surface area contributed by atoms with E-state index in [-0.39, 0.29) is 0 Å². The van der Waals surface area contributed by atoms with Crippen molar-refractivity contribution in [1.82, 2.24) is 4.90 Å². The van der Waals surface area contributed by atoms with Gasteiger partial charge in [0.15, 0.2) is 0 Å². The molecule has 1 fully saturated rings. The fraction of sp³-hybridized carbons (Fsp3) is 0.600. The summed E-state index contributed by atoms with van der Waals surface area (Å²) in [5, 5.41) is 0. The summed E-state index contributed by atoms with van der Waals surface area (Å²) in [4.78, 5) is 2.49. The van der Waals surface area contributed by atoms with Crippen molar-refractivity contribution in [3.63, 3.8) is 0 Å². The predicted molar refractivity (Wildman–Crippen MR) is 74.6 cm³/mol. The maximum atomic E-state index is 5.96. The zero-order chi connectivity index (χ0) is 13.0. The van der Waals surface area contributed by atoms with Gasteiger partial charge in [0.25, 0.3) is 0 Å². The highest BCUT2D eigenvalue weighted by Gasteiger charge is 2.24. The van der Waals surface area contributed by atoms with Gasteiger partial charge in [-0.25, -0.2) is 0 Å². The van der Waals surface area contributed by atoms with Crippen LogP contribution in [0.4, 0.5) is 0 Å². The summed E-state index contributed by atoms with van der Waals surface area (Å²) in [5.41, 5.74) is 7.31. The smallest absolute Gasteiger partial charge is 0.119 e. The molecule has 0 radical (unpaired) electrons. The molecular formula is C15H24N2O. The van der Waals surface area contributed by atoms with Crippen molar-refractivity contribution in [2.75, 3.05) is 19.7 Å². The molecule has 0 spiro atoms. The molecule has 0 aliphatic carbocycles. The van der Waals surface area contributed by atoms with E-state index in [0.29, 0.717) is 12.0 Å². The quantitative estimate of drug-likeness (QED) is 0.868. The predicted octanol–water partition coefficient (Wildman–Crippen LogP) is 2.25. The van der Waals surface area contributed by atoms with Crippen LogP contribution in [0.5, 0.6) is 5.75 Å². The minimum absolute atomic E-state index is 0.315. The summed E-state index contributed by atoms with van der Waals surface area (Å²) >= 11 is 0. The molecule has 1 heterocycles. The van der Waals surface area contributed by atoms with Crippen LogP contribution < -0.4 is 10.5 Å². The average molecular weight is 248 g/mol. The van der Waals surface area contributed by atoms with E-state index in [0.717, 1.165) is 25.4 Å². The number of rotatable bonds is 5. The van der Waals surface area contributed by atoms with Crippen molar-refractivity contribution in [3.05, 3.63) is 29.8 Å². The maximum Gasteiger partial charge on any atom is 0.119 e. The van der Waals surface area contributed by atoms with Crippen LogP contribution >= 0.6 is 0 Å². The lowest BCUT2D eigenvalue weighted by atomic mass is 10.0. The summed E-state index contributed by atoms with van der Waals surface area (Å²) in [6, 6.07) is 8.74. The van der Waals surface area contributed by atoms with Crippen LogP contribution in [0.2, 0.25) is 0 Å². The van der Waals surface area contributed by atoms with E-state index in [1.165, 1.54) is 18.5 Å². The van der Waals surface area contributed by atoms with Crippen molar-refractivity contribution in [2.24, 2.45) is 11.7 Å². The monoisotopic (exact) mass is 248 g/mol. The summed E-state index contributed by atoms with van der Waals surface area (Å²) in [6.45, 7) is 8.17. The highest BCUT2D eigenvalue weighted by atomic mass is 16.5. The summed E-state index contributed by atoms with van der Waals surface area (Å²) in [6.07, 6.45) is 1.23. The van der Waals surface area contributed by atoms with Crippen LogP contribution in [-0.2, 0) is 6.54 Å². The van der Waals surface area contributed by atoms with Gasteiger partial charge in [-0.2, -0.15) is 0 Å². The molecule has 3 heteroatoms. The van der Waals surface area contributed by atoms with Gasteiger partial charge in [-0.05, 0) is 50.4 Å². The Kier molecular flexibility index (Phi) is 4.61. The molecule has 0 bridgehead atoms. The molecule has 1 aliphatic heterocycles. The summed E-state index contributed by atoms with van der Waals surface area (Å²) in [5.74, 6) is 1.61. The van der Waals surface area contributed by atoms with Gasteiger partial charge in [-0.1, -0.05) is 12.1 Å². The molecule has 18 heavy (non-hydrogen) atoms. The molecular weight excluding hydrogens is 224 g/mol. The first-order chi connectivity index (χ1) is 8.69. The fourth-order valence-corrected chi connectivity index (χ4v) is 2.55. The summed E-state index contributed by atoms with van der Waals surface area (Å²) < 4.78 is 5.45. The SMILES string of the molecule is CCOc1ccc(CN2CCC(C(C)N)C2)cc1. The van der Waals surface area contributed by atoms with Crippen LogP contribution in [0.25, 0.3) is 0 Å². The second-order valence-corrected chi connectivity index (χ2v) is 5.22. The zero-order valence-electron chi connectivity index (χ0n) is 11.4. The topological polar surface area (TPSA) is 38.5 Å². The Labute approximate surface area is 110 Å². The van der Waals surface area contributed by atoms with E-state index in [9.17, 15) is 0 Å². The zero-order valence-corrected chi connectivity index (χ0v) is 11.4. The highest BCUT2D eigenvalue weighted by molar-refractivity contribution is 5.27. The Bertz CT molecular complexity index is 361. The van der Waals surface area contributed by atoms with Gasteiger partial charge in [0.2, 0.25) is 0 Å². The number of ether oxygens (including phenoxy) is 1. The Balaban J connectivity index is 1.86. The largest absolute Gasteiger partial charge is 0.494 e. The standard InChI is InChI=1S/C15H24N2O/c1-3-18-15-6-4-13(5-7-15)10-17-9-8-14(11-17)12(2)16/h4-7,12,14H,3,8-11,16H2,1-2H3. The van der Waals surface area contributed by atoms with E-state index in [2.05, 4.69) is 36.1 Å². The number of nitrogens with two attached hydrogens (primary N) is 1. The van der Waals surface area contributed by atoms with Crippen molar-refractivity contribution >= 4 is 0 Å². The Morgan fingerprint density at radius 3 is 2.67 bits per heavy atom. The van der Waals surface area contributed by atoms with Crippen molar-refractivity contribution in [3.8, 4) is 5.75 Å². The third kappa shape index (κ3) is 3.47. The van der Waals surface area contributed by atoms with E-state index in [1.807, 2.05) is 6.92 Å². The number of nitrogens with zero attached hydrogens (tertiary/aromatic N) is 1. The Hall–Kier alpha value is -1.06. The minimum atomic E-state index is 0.315. The summed E-state index contributed by atoms with van der Waals surface area (Å²) in [7, 11) is 0. The molecule has 100 valence electrons. The third-order valence-electron chi connectivity index (χ3n) is 3.69. The van der Waals surface area contributed by atoms with E-state index < -0.39 is 0 Å². The second-order valence-electron chi connectivity index (χ2n) is 5.22. The molecule has 0 amide bonds. The van der Waals surface area contributed by atoms with Gasteiger partial charge in [0, 0.05) is 19.1 Å². The molecule has 2 atom stereocenters. The molecule has 1 aliphatic rings. The van der Waals surface area contributed by atoms with Gasteiger partial charge in [0.05, 0.1) is 6.61 Å². The number of likely N-dealkylation sites (tertiary alicyclic amines) is 1. The second kappa shape index (κ2) is 6.21. The molecule has 2 N–H and O–H groups in total. The molecule has 1 saturated heterocycles. The lowest BCUT2D eigenvalue weighted by Gasteiger charge is -2.18. The van der Waals surface area contributed by atoms with Gasteiger partial charge < -0.3 is 10.5 Å². The number of hydrogen-bond donors (Lipinski definition) is 1. The molecule has 1 aromatic rings. The first kappa shape index (κ1) is 13.4. The van der Waals surface area contributed by atoms with Gasteiger partial charge in [-0.15, -0.1) is 0 Å². The van der Waals surface area contributed by atoms with Gasteiger partial charge in [-0.3, -0.25) is 4.90 Å². The minimum Gasteiger partial charge on any atom is -0.494 e. The van der Waals surface area contributed by atoms with E-state index >= 15 is 0 Å². The Morgan fingerprint density at radius 1 is 1.39 bits per heavy atom. The van der Waals surface area contributed by atoms with Crippen LogP contribution in [0.15, 0.2) is 24.3 Å². The van der Waals surface area contributed by atoms with Crippen LogP contribution in [-0.4, -0.2) is 30.6 Å². The molecule has 2 rings (SSSR count). The molecule has 0 saturated carbocycles. The van der Waals surface area contributed by atoms with Crippen molar-refractivity contribution in [1.29, 1.82) is 0 Å². The maximum absolute atomic E-state index is 5.96. The average Bonchev–Trinajstić information content (AvgIpc) is 2.81. The normalized spacial score (nSPS) is 22.1. The molecule has 0 aromatic heterocycles. The number of benzene rings is 1. The van der Waals surface area contributed by atoms with Gasteiger partial charge >= 0.3 is 0 Å². The van der Waals surface area contributed by atoms with Gasteiger partial charge in [0.1, 0.15) is 5.75 Å². The Morgan fingerprint density at radius 2 is 2.11 bits per heavy atom. The fourth-order valence-electron chi connectivity index (χ4n) is 2.55. The van der Waals surface area contributed by atoms with Crippen molar-refractivity contribution in [2.45, 2.75) is 32.9 Å². The van der Waals surface area contributed by atoms with E-state index in [1.54, 1.807) is 0 Å².